The first kappa shape index (κ1) is 19.0. The first-order valence-electron chi connectivity index (χ1n) is 9.08. The maximum absolute atomic E-state index is 12.7. The highest BCUT2D eigenvalue weighted by molar-refractivity contribution is 7.12. The Morgan fingerprint density at radius 2 is 1.86 bits per heavy atom. The molecule has 4 rings (SSSR count). The number of nitrogens with one attached hydrogen (secondary N) is 3. The lowest BCUT2D eigenvalue weighted by atomic mass is 10.2. The molecule has 29 heavy (non-hydrogen) atoms. The zero-order valence-electron chi connectivity index (χ0n) is 15.5. The average molecular weight is 409 g/mol. The lowest BCUT2D eigenvalue weighted by molar-refractivity contribution is 0.102. The summed E-state index contributed by atoms with van der Waals surface area (Å²) in [6.07, 6.45) is 6.49. The summed E-state index contributed by atoms with van der Waals surface area (Å²) < 4.78 is 0. The number of hydrogen-bond donors (Lipinski definition) is 3. The fourth-order valence-corrected chi connectivity index (χ4v) is 3.65. The van der Waals surface area contributed by atoms with Gasteiger partial charge in [0.1, 0.15) is 5.69 Å². The second kappa shape index (κ2) is 8.76. The highest BCUT2D eigenvalue weighted by Gasteiger charge is 2.19. The first-order valence-corrected chi connectivity index (χ1v) is 9.96. The molecule has 0 radical (unpaired) electrons. The van der Waals surface area contributed by atoms with Crippen LogP contribution in [-0.4, -0.2) is 52.9 Å². The van der Waals surface area contributed by atoms with Crippen molar-refractivity contribution in [2.45, 2.75) is 0 Å². The van der Waals surface area contributed by atoms with Crippen molar-refractivity contribution in [2.24, 2.45) is 0 Å². The van der Waals surface area contributed by atoms with E-state index in [2.05, 4.69) is 35.8 Å². The molecule has 0 unspecified atom stereocenters. The van der Waals surface area contributed by atoms with Crippen LogP contribution in [0.5, 0.6) is 0 Å². The molecule has 1 fully saturated rings. The Balaban J connectivity index is 1.45. The molecule has 4 heterocycles. The summed E-state index contributed by atoms with van der Waals surface area (Å²) in [5.41, 5.74) is 2.28. The van der Waals surface area contributed by atoms with E-state index in [1.807, 2.05) is 6.07 Å². The van der Waals surface area contributed by atoms with Gasteiger partial charge in [0.25, 0.3) is 11.8 Å². The summed E-state index contributed by atoms with van der Waals surface area (Å²) in [6, 6.07) is 5.33. The van der Waals surface area contributed by atoms with Gasteiger partial charge in [-0.3, -0.25) is 19.6 Å². The number of hydrogen-bond acceptors (Lipinski definition) is 8. The van der Waals surface area contributed by atoms with Gasteiger partial charge in [-0.15, -0.1) is 11.3 Å². The highest BCUT2D eigenvalue weighted by Crippen LogP contribution is 2.25. The molecule has 3 aromatic heterocycles. The smallest absolute Gasteiger partial charge is 0.284 e. The zero-order chi connectivity index (χ0) is 20.1. The third kappa shape index (κ3) is 4.55. The monoisotopic (exact) mass is 409 g/mol. The number of anilines is 3. The van der Waals surface area contributed by atoms with Crippen molar-refractivity contribution in [3.63, 3.8) is 0 Å². The van der Waals surface area contributed by atoms with E-state index >= 15 is 0 Å². The molecule has 148 valence electrons. The Morgan fingerprint density at radius 3 is 2.66 bits per heavy atom. The van der Waals surface area contributed by atoms with Crippen LogP contribution in [0.3, 0.4) is 0 Å². The highest BCUT2D eigenvalue weighted by atomic mass is 32.1. The Labute approximate surface area is 171 Å². The number of carbonyl (C=O) groups is 2. The molecule has 0 aromatic carbocycles. The number of amides is 2. The van der Waals surface area contributed by atoms with Gasteiger partial charge in [-0.1, -0.05) is 0 Å². The number of piperazine rings is 1. The summed E-state index contributed by atoms with van der Waals surface area (Å²) in [6.45, 7) is 3.47. The fourth-order valence-electron chi connectivity index (χ4n) is 2.95. The topological polar surface area (TPSA) is 112 Å². The van der Waals surface area contributed by atoms with E-state index in [0.29, 0.717) is 11.4 Å². The first-order chi connectivity index (χ1) is 14.2. The molecule has 1 aliphatic heterocycles. The minimum Gasteiger partial charge on any atom is -0.367 e. The average Bonchev–Trinajstić information content (AvgIpc) is 3.26. The van der Waals surface area contributed by atoms with Crippen LogP contribution in [0.1, 0.15) is 20.3 Å². The van der Waals surface area contributed by atoms with E-state index in [1.54, 1.807) is 42.3 Å². The lowest BCUT2D eigenvalue weighted by Crippen LogP contribution is -2.43. The van der Waals surface area contributed by atoms with Gasteiger partial charge in [-0.05, 0) is 18.2 Å². The van der Waals surface area contributed by atoms with Gasteiger partial charge in [-0.2, -0.15) is 0 Å². The summed E-state index contributed by atoms with van der Waals surface area (Å²) in [4.78, 5) is 39.4. The van der Waals surface area contributed by atoms with Crippen LogP contribution in [0.25, 0.3) is 0 Å². The number of rotatable bonds is 5. The SMILES string of the molecule is O=C(Nc1cnccc1N1CCNCC1)c1csc(C(=O)Nc2cccnc2)n1. The normalized spacial score (nSPS) is 13.7. The molecular weight excluding hydrogens is 390 g/mol. The van der Waals surface area contributed by atoms with Gasteiger partial charge in [0.05, 0.1) is 29.5 Å². The maximum Gasteiger partial charge on any atom is 0.284 e. The molecule has 9 nitrogen and oxygen atoms in total. The second-order valence-electron chi connectivity index (χ2n) is 6.32. The van der Waals surface area contributed by atoms with Crippen LogP contribution in [-0.2, 0) is 0 Å². The molecule has 1 aliphatic rings. The zero-order valence-corrected chi connectivity index (χ0v) is 16.3. The van der Waals surface area contributed by atoms with Gasteiger partial charge in [0.2, 0.25) is 0 Å². The van der Waals surface area contributed by atoms with Crippen molar-refractivity contribution in [1.29, 1.82) is 0 Å². The Kier molecular flexibility index (Phi) is 5.73. The quantitative estimate of drug-likeness (QED) is 0.589. The molecule has 10 heteroatoms. The van der Waals surface area contributed by atoms with Crippen molar-refractivity contribution < 1.29 is 9.59 Å². The van der Waals surface area contributed by atoms with Crippen LogP contribution in [0.2, 0.25) is 0 Å². The number of pyridine rings is 2. The van der Waals surface area contributed by atoms with E-state index in [9.17, 15) is 9.59 Å². The largest absolute Gasteiger partial charge is 0.367 e. The summed E-state index contributed by atoms with van der Waals surface area (Å²) in [7, 11) is 0. The predicted molar refractivity (Wildman–Crippen MR) is 112 cm³/mol. The molecular formula is C19H19N7O2S. The predicted octanol–water partition coefficient (Wildman–Crippen LogP) is 1.85. The number of aromatic nitrogens is 3. The number of carbonyl (C=O) groups excluding carboxylic acids is 2. The van der Waals surface area contributed by atoms with Crippen molar-refractivity contribution in [3.8, 4) is 0 Å². The van der Waals surface area contributed by atoms with Gasteiger partial charge in [-0.25, -0.2) is 4.98 Å². The van der Waals surface area contributed by atoms with Gasteiger partial charge in [0.15, 0.2) is 5.01 Å². The van der Waals surface area contributed by atoms with E-state index < -0.39 is 0 Å². The maximum atomic E-state index is 12.7. The molecule has 0 bridgehead atoms. The molecule has 2 amide bonds. The van der Waals surface area contributed by atoms with Crippen LogP contribution < -0.4 is 20.9 Å². The molecule has 0 aliphatic carbocycles. The molecule has 0 atom stereocenters. The lowest BCUT2D eigenvalue weighted by Gasteiger charge is -2.30. The third-order valence-corrected chi connectivity index (χ3v) is 5.20. The Morgan fingerprint density at radius 1 is 1.03 bits per heavy atom. The van der Waals surface area contributed by atoms with Gasteiger partial charge >= 0.3 is 0 Å². The summed E-state index contributed by atoms with van der Waals surface area (Å²) in [5.74, 6) is -0.768. The van der Waals surface area contributed by atoms with E-state index in [0.717, 1.165) is 43.2 Å². The van der Waals surface area contributed by atoms with Gasteiger partial charge < -0.3 is 20.9 Å². The van der Waals surface area contributed by atoms with Crippen molar-refractivity contribution in [1.82, 2.24) is 20.3 Å². The number of nitrogens with zero attached hydrogens (tertiary/aromatic N) is 4. The van der Waals surface area contributed by atoms with Crippen LogP contribution >= 0.6 is 11.3 Å². The van der Waals surface area contributed by atoms with Crippen molar-refractivity contribution >= 4 is 40.2 Å². The number of thiazole rings is 1. The van der Waals surface area contributed by atoms with Crippen molar-refractivity contribution in [2.75, 3.05) is 41.7 Å². The molecule has 0 saturated carbocycles. The Hall–Kier alpha value is -3.37. The standard InChI is InChI=1S/C19H19N7O2S/c27-17(24-14-11-22-5-3-16(14)26-8-6-20-7-9-26)15-12-29-19(25-15)18(28)23-13-2-1-4-21-10-13/h1-5,10-12,20H,6-9H2,(H,23,28)(H,24,27). The van der Waals surface area contributed by atoms with E-state index in [4.69, 9.17) is 0 Å². The minimum absolute atomic E-state index is 0.182. The van der Waals surface area contributed by atoms with Crippen molar-refractivity contribution in [3.05, 3.63) is 59.1 Å². The summed E-state index contributed by atoms with van der Waals surface area (Å²) >= 11 is 1.11. The van der Waals surface area contributed by atoms with Crippen LogP contribution in [0.4, 0.5) is 17.1 Å². The van der Waals surface area contributed by atoms with Gasteiger partial charge in [0, 0.05) is 44.0 Å². The Bertz CT molecular complexity index is 1000. The minimum atomic E-state index is -0.384. The third-order valence-electron chi connectivity index (χ3n) is 4.35. The second-order valence-corrected chi connectivity index (χ2v) is 7.18. The molecule has 1 saturated heterocycles. The van der Waals surface area contributed by atoms with Crippen LogP contribution in [0, 0.1) is 0 Å². The van der Waals surface area contributed by atoms with E-state index in [1.165, 1.54) is 0 Å². The van der Waals surface area contributed by atoms with Crippen LogP contribution in [0.15, 0.2) is 48.4 Å². The van der Waals surface area contributed by atoms with E-state index in [-0.39, 0.29) is 22.5 Å². The summed E-state index contributed by atoms with van der Waals surface area (Å²) in [5, 5.41) is 10.6. The molecule has 3 N–H and O–H groups in total. The fraction of sp³-hybridized carbons (Fsp3) is 0.211. The molecule has 3 aromatic rings. The molecule has 0 spiro atoms.